The molecule has 0 saturated heterocycles. The van der Waals surface area contributed by atoms with Crippen LogP contribution in [-0.4, -0.2) is 15.1 Å². The lowest BCUT2D eigenvalue weighted by Gasteiger charge is -2.07. The Morgan fingerprint density at radius 1 is 1.40 bits per heavy atom. The Kier molecular flexibility index (Phi) is 4.60. The first kappa shape index (κ1) is 14.8. The second-order valence-electron chi connectivity index (χ2n) is 5.15. The highest BCUT2D eigenvalue weighted by Gasteiger charge is 2.13. The van der Waals surface area contributed by atoms with Gasteiger partial charge in [-0.1, -0.05) is 41.9 Å². The molecule has 0 aliphatic rings. The molecule has 0 saturated carbocycles. The lowest BCUT2D eigenvalue weighted by Crippen LogP contribution is -2.14. The average Bonchev–Trinajstić information content (AvgIpc) is 2.35. The molecule has 2 N–H and O–H groups in total. The monoisotopic (exact) mass is 336 g/mol. The van der Waals surface area contributed by atoms with Gasteiger partial charge in [-0.2, -0.15) is 4.98 Å². The second-order valence-corrected chi connectivity index (χ2v) is 6.07. The Morgan fingerprint density at radius 3 is 2.75 bits per heavy atom. The van der Waals surface area contributed by atoms with Gasteiger partial charge in [-0.05, 0) is 30.0 Å². The van der Waals surface area contributed by atoms with Crippen LogP contribution < -0.4 is 5.56 Å². The molecular formula is C15H17BrN2O2. The van der Waals surface area contributed by atoms with E-state index in [2.05, 4.69) is 39.7 Å². The van der Waals surface area contributed by atoms with Crippen molar-refractivity contribution in [1.82, 2.24) is 9.97 Å². The predicted molar refractivity (Wildman–Crippen MR) is 82.8 cm³/mol. The standard InChI is InChI=1S/C15H17BrN2O2/c1-9(2)6-7-12-17-14(19)13(15(20)18-12)10-4-3-5-11(16)8-10/h3-5,8-9H,6-7H2,1-2H3,(H2,17,18,19,20). The van der Waals surface area contributed by atoms with Gasteiger partial charge >= 0.3 is 0 Å². The number of H-pyrrole nitrogens is 1. The van der Waals surface area contributed by atoms with Gasteiger partial charge in [0.2, 0.25) is 5.88 Å². The molecule has 0 spiro atoms. The molecule has 0 bridgehead atoms. The van der Waals surface area contributed by atoms with E-state index in [9.17, 15) is 9.90 Å². The summed E-state index contributed by atoms with van der Waals surface area (Å²) < 4.78 is 0.845. The van der Waals surface area contributed by atoms with E-state index in [1.165, 1.54) is 0 Å². The average molecular weight is 337 g/mol. The molecule has 0 radical (unpaired) electrons. The minimum Gasteiger partial charge on any atom is -0.493 e. The van der Waals surface area contributed by atoms with E-state index in [-0.39, 0.29) is 17.0 Å². The smallest absolute Gasteiger partial charge is 0.262 e. The lowest BCUT2D eigenvalue weighted by molar-refractivity contribution is 0.447. The number of aromatic amines is 1. The van der Waals surface area contributed by atoms with Crippen LogP contribution in [0.15, 0.2) is 33.5 Å². The van der Waals surface area contributed by atoms with Crippen LogP contribution in [0.5, 0.6) is 5.88 Å². The van der Waals surface area contributed by atoms with Crippen LogP contribution in [0.1, 0.15) is 26.1 Å². The SMILES string of the molecule is CC(C)CCc1nc(O)c(-c2cccc(Br)c2)c(=O)[nH]1. The van der Waals surface area contributed by atoms with E-state index in [0.29, 0.717) is 23.7 Å². The summed E-state index contributed by atoms with van der Waals surface area (Å²) in [4.78, 5) is 19.0. The van der Waals surface area contributed by atoms with Crippen molar-refractivity contribution in [3.05, 3.63) is 44.9 Å². The molecule has 0 fully saturated rings. The number of hydrogen-bond acceptors (Lipinski definition) is 3. The van der Waals surface area contributed by atoms with Crippen molar-refractivity contribution < 1.29 is 5.11 Å². The Bertz CT molecular complexity index is 665. The number of hydrogen-bond donors (Lipinski definition) is 2. The molecule has 20 heavy (non-hydrogen) atoms. The van der Waals surface area contributed by atoms with Gasteiger partial charge in [-0.25, -0.2) is 0 Å². The fourth-order valence-corrected chi connectivity index (χ4v) is 2.35. The number of benzene rings is 1. The van der Waals surface area contributed by atoms with Crippen LogP contribution >= 0.6 is 15.9 Å². The van der Waals surface area contributed by atoms with Gasteiger partial charge in [0.1, 0.15) is 11.4 Å². The Hall–Kier alpha value is -1.62. The van der Waals surface area contributed by atoms with Crippen LogP contribution in [0.2, 0.25) is 0 Å². The highest BCUT2D eigenvalue weighted by Crippen LogP contribution is 2.26. The molecule has 2 rings (SSSR count). The van der Waals surface area contributed by atoms with Crippen molar-refractivity contribution >= 4 is 15.9 Å². The van der Waals surface area contributed by atoms with E-state index in [1.807, 2.05) is 12.1 Å². The first-order valence-corrected chi connectivity index (χ1v) is 7.34. The first-order valence-electron chi connectivity index (χ1n) is 6.55. The van der Waals surface area contributed by atoms with E-state index in [4.69, 9.17) is 0 Å². The van der Waals surface area contributed by atoms with Crippen LogP contribution in [0, 0.1) is 5.92 Å². The highest BCUT2D eigenvalue weighted by molar-refractivity contribution is 9.10. The molecule has 0 unspecified atom stereocenters. The van der Waals surface area contributed by atoms with E-state index >= 15 is 0 Å². The summed E-state index contributed by atoms with van der Waals surface area (Å²) in [6, 6.07) is 7.22. The normalized spacial score (nSPS) is 11.0. The molecule has 1 aromatic carbocycles. The summed E-state index contributed by atoms with van der Waals surface area (Å²) in [6.45, 7) is 4.21. The molecule has 4 nitrogen and oxygen atoms in total. The predicted octanol–water partition coefficient (Wildman–Crippen LogP) is 3.49. The second kappa shape index (κ2) is 6.22. The van der Waals surface area contributed by atoms with E-state index in [0.717, 1.165) is 10.9 Å². The topological polar surface area (TPSA) is 66.0 Å². The fourth-order valence-electron chi connectivity index (χ4n) is 1.95. The Labute approximate surface area is 126 Å². The Balaban J connectivity index is 2.39. The quantitative estimate of drug-likeness (QED) is 0.897. The van der Waals surface area contributed by atoms with E-state index < -0.39 is 0 Å². The molecule has 0 aliphatic carbocycles. The number of aromatic nitrogens is 2. The Morgan fingerprint density at radius 2 is 2.15 bits per heavy atom. The third-order valence-electron chi connectivity index (χ3n) is 3.02. The summed E-state index contributed by atoms with van der Waals surface area (Å²) in [6.07, 6.45) is 1.57. The molecule has 5 heteroatoms. The van der Waals surface area contributed by atoms with Gasteiger partial charge in [-0.3, -0.25) is 4.79 Å². The third-order valence-corrected chi connectivity index (χ3v) is 3.51. The molecule has 0 amide bonds. The summed E-state index contributed by atoms with van der Waals surface area (Å²) in [5, 5.41) is 10.0. The maximum atomic E-state index is 12.1. The zero-order valence-electron chi connectivity index (χ0n) is 11.5. The first-order chi connectivity index (χ1) is 9.47. The van der Waals surface area contributed by atoms with Crippen molar-refractivity contribution in [2.24, 2.45) is 5.92 Å². The largest absolute Gasteiger partial charge is 0.493 e. The third kappa shape index (κ3) is 3.48. The maximum absolute atomic E-state index is 12.1. The summed E-state index contributed by atoms with van der Waals surface area (Å²) in [5.74, 6) is 0.831. The summed E-state index contributed by atoms with van der Waals surface area (Å²) >= 11 is 3.35. The van der Waals surface area contributed by atoms with Gasteiger partial charge in [0.05, 0.1) is 0 Å². The molecule has 1 aromatic heterocycles. The van der Waals surface area contributed by atoms with Crippen molar-refractivity contribution in [1.29, 1.82) is 0 Å². The van der Waals surface area contributed by atoms with Crippen LogP contribution in [0.3, 0.4) is 0 Å². The van der Waals surface area contributed by atoms with Crippen LogP contribution in [0.25, 0.3) is 11.1 Å². The van der Waals surface area contributed by atoms with Gasteiger partial charge in [0.25, 0.3) is 5.56 Å². The summed E-state index contributed by atoms with van der Waals surface area (Å²) in [7, 11) is 0. The van der Waals surface area contributed by atoms with Crippen molar-refractivity contribution in [2.75, 3.05) is 0 Å². The molecular weight excluding hydrogens is 320 g/mol. The highest BCUT2D eigenvalue weighted by atomic mass is 79.9. The van der Waals surface area contributed by atoms with Crippen molar-refractivity contribution in [3.8, 4) is 17.0 Å². The van der Waals surface area contributed by atoms with Crippen LogP contribution in [-0.2, 0) is 6.42 Å². The molecule has 0 atom stereocenters. The number of aryl methyl sites for hydroxylation is 1. The number of halogens is 1. The maximum Gasteiger partial charge on any atom is 0.262 e. The van der Waals surface area contributed by atoms with Gasteiger partial charge < -0.3 is 10.1 Å². The number of nitrogens with one attached hydrogen (secondary N) is 1. The van der Waals surface area contributed by atoms with Gasteiger partial charge in [-0.15, -0.1) is 0 Å². The number of aromatic hydroxyl groups is 1. The lowest BCUT2D eigenvalue weighted by atomic mass is 10.1. The zero-order chi connectivity index (χ0) is 14.7. The number of rotatable bonds is 4. The van der Waals surface area contributed by atoms with Crippen molar-refractivity contribution in [3.63, 3.8) is 0 Å². The molecule has 106 valence electrons. The minimum absolute atomic E-state index is 0.208. The van der Waals surface area contributed by atoms with E-state index in [1.54, 1.807) is 12.1 Å². The fraction of sp³-hybridized carbons (Fsp3) is 0.333. The molecule has 2 aromatic rings. The number of nitrogens with zero attached hydrogens (tertiary/aromatic N) is 1. The van der Waals surface area contributed by atoms with Crippen LogP contribution in [0.4, 0.5) is 0 Å². The summed E-state index contributed by atoms with van der Waals surface area (Å²) in [5.41, 5.74) is 0.537. The van der Waals surface area contributed by atoms with Crippen molar-refractivity contribution in [2.45, 2.75) is 26.7 Å². The minimum atomic E-state index is -0.311. The molecule has 0 aliphatic heterocycles. The molecule has 1 heterocycles. The zero-order valence-corrected chi connectivity index (χ0v) is 13.1. The van der Waals surface area contributed by atoms with Gasteiger partial charge in [0, 0.05) is 10.9 Å². The van der Waals surface area contributed by atoms with Gasteiger partial charge in [0.15, 0.2) is 0 Å².